The van der Waals surface area contributed by atoms with Crippen molar-refractivity contribution in [3.63, 3.8) is 0 Å². The molecule has 3 nitrogen and oxygen atoms in total. The Morgan fingerprint density at radius 3 is 2.80 bits per heavy atom. The van der Waals surface area contributed by atoms with E-state index in [1.807, 2.05) is 24.4 Å². The lowest BCUT2D eigenvalue weighted by Gasteiger charge is -2.17. The van der Waals surface area contributed by atoms with E-state index in [9.17, 15) is 4.79 Å². The molecular weight excluding hydrogens is 268 g/mol. The fraction of sp³-hybridized carbons (Fsp3) is 0.312. The third-order valence-electron chi connectivity index (χ3n) is 3.30. The Morgan fingerprint density at radius 2 is 2.20 bits per heavy atom. The van der Waals surface area contributed by atoms with E-state index >= 15 is 0 Å². The normalized spacial score (nSPS) is 12.1. The van der Waals surface area contributed by atoms with E-state index in [2.05, 4.69) is 18.3 Å². The highest BCUT2D eigenvalue weighted by Gasteiger charge is 2.16. The van der Waals surface area contributed by atoms with Gasteiger partial charge in [-0.25, -0.2) is 0 Å². The van der Waals surface area contributed by atoms with Crippen LogP contribution in [0.1, 0.15) is 46.6 Å². The summed E-state index contributed by atoms with van der Waals surface area (Å²) in [7, 11) is 0. The van der Waals surface area contributed by atoms with Crippen LogP contribution in [0, 0.1) is 6.92 Å². The van der Waals surface area contributed by atoms with Crippen LogP contribution in [0.4, 0.5) is 5.69 Å². The standard InChI is InChI=1S/C16H20N2OS/c1-3-5-14(15-6-4-9-20-15)18-16(19)12-7-8-13(17)11(2)10-12/h4,6-10,14H,3,5,17H2,1-2H3,(H,18,19). The molecule has 0 saturated carbocycles. The second-order valence-electron chi connectivity index (χ2n) is 4.90. The zero-order chi connectivity index (χ0) is 14.5. The smallest absolute Gasteiger partial charge is 0.251 e. The van der Waals surface area contributed by atoms with Crippen LogP contribution in [0.2, 0.25) is 0 Å². The van der Waals surface area contributed by atoms with Gasteiger partial charge in [-0.2, -0.15) is 0 Å². The number of hydrogen-bond donors (Lipinski definition) is 2. The molecule has 0 radical (unpaired) electrons. The minimum Gasteiger partial charge on any atom is -0.399 e. The van der Waals surface area contributed by atoms with Crippen molar-refractivity contribution in [2.75, 3.05) is 5.73 Å². The van der Waals surface area contributed by atoms with Gasteiger partial charge >= 0.3 is 0 Å². The Kier molecular flexibility index (Phi) is 4.79. The minimum absolute atomic E-state index is 0.0417. The first-order valence-electron chi connectivity index (χ1n) is 6.82. The van der Waals surface area contributed by atoms with Crippen LogP contribution < -0.4 is 11.1 Å². The van der Waals surface area contributed by atoms with Gasteiger partial charge in [0.2, 0.25) is 0 Å². The van der Waals surface area contributed by atoms with Gasteiger partial charge in [0.25, 0.3) is 5.91 Å². The fourth-order valence-electron chi connectivity index (χ4n) is 2.12. The van der Waals surface area contributed by atoms with Crippen LogP contribution in [0.3, 0.4) is 0 Å². The average Bonchev–Trinajstić information content (AvgIpc) is 2.95. The quantitative estimate of drug-likeness (QED) is 0.820. The highest BCUT2D eigenvalue weighted by atomic mass is 32.1. The summed E-state index contributed by atoms with van der Waals surface area (Å²) in [6.07, 6.45) is 1.98. The molecule has 0 aliphatic rings. The van der Waals surface area contributed by atoms with Gasteiger partial charge in [0.05, 0.1) is 6.04 Å². The third-order valence-corrected chi connectivity index (χ3v) is 4.29. The van der Waals surface area contributed by atoms with Crippen LogP contribution in [-0.2, 0) is 0 Å². The first-order valence-corrected chi connectivity index (χ1v) is 7.70. The van der Waals surface area contributed by atoms with Crippen molar-refractivity contribution in [1.82, 2.24) is 5.32 Å². The van der Waals surface area contributed by atoms with Gasteiger partial charge < -0.3 is 11.1 Å². The SMILES string of the molecule is CCCC(NC(=O)c1ccc(N)c(C)c1)c1cccs1. The van der Waals surface area contributed by atoms with Crippen molar-refractivity contribution in [2.45, 2.75) is 32.7 Å². The summed E-state index contributed by atoms with van der Waals surface area (Å²) in [6, 6.07) is 9.56. The van der Waals surface area contributed by atoms with E-state index in [-0.39, 0.29) is 11.9 Å². The van der Waals surface area contributed by atoms with Crippen LogP contribution in [0.15, 0.2) is 35.7 Å². The maximum Gasteiger partial charge on any atom is 0.251 e. The lowest BCUT2D eigenvalue weighted by atomic mass is 10.1. The fourth-order valence-corrected chi connectivity index (χ4v) is 2.93. The number of amides is 1. The topological polar surface area (TPSA) is 55.1 Å². The number of nitrogens with one attached hydrogen (secondary N) is 1. The highest BCUT2D eigenvalue weighted by molar-refractivity contribution is 7.10. The third kappa shape index (κ3) is 3.39. The lowest BCUT2D eigenvalue weighted by molar-refractivity contribution is 0.0935. The predicted octanol–water partition coefficient (Wildman–Crippen LogP) is 3.91. The van der Waals surface area contributed by atoms with Crippen LogP contribution >= 0.6 is 11.3 Å². The van der Waals surface area contributed by atoms with Crippen molar-refractivity contribution in [3.8, 4) is 0 Å². The summed E-state index contributed by atoms with van der Waals surface area (Å²) in [6.45, 7) is 4.04. The van der Waals surface area contributed by atoms with Crippen molar-refractivity contribution in [3.05, 3.63) is 51.7 Å². The Balaban J connectivity index is 2.13. The van der Waals surface area contributed by atoms with E-state index in [0.29, 0.717) is 11.3 Å². The maximum atomic E-state index is 12.3. The van der Waals surface area contributed by atoms with Gasteiger partial charge in [0.15, 0.2) is 0 Å². The molecule has 0 saturated heterocycles. The van der Waals surface area contributed by atoms with Crippen LogP contribution in [-0.4, -0.2) is 5.91 Å². The molecule has 1 aromatic heterocycles. The molecule has 20 heavy (non-hydrogen) atoms. The van der Waals surface area contributed by atoms with Gasteiger partial charge in [0, 0.05) is 16.1 Å². The molecule has 0 spiro atoms. The minimum atomic E-state index is -0.0417. The largest absolute Gasteiger partial charge is 0.399 e. The van der Waals surface area contributed by atoms with Gasteiger partial charge in [-0.1, -0.05) is 19.4 Å². The molecule has 2 rings (SSSR count). The van der Waals surface area contributed by atoms with Crippen molar-refractivity contribution in [1.29, 1.82) is 0 Å². The second kappa shape index (κ2) is 6.57. The van der Waals surface area contributed by atoms with E-state index in [1.165, 1.54) is 4.88 Å². The molecule has 0 fully saturated rings. The number of carbonyl (C=O) groups excluding carboxylic acids is 1. The predicted molar refractivity (Wildman–Crippen MR) is 85.0 cm³/mol. The summed E-state index contributed by atoms with van der Waals surface area (Å²) >= 11 is 1.68. The molecule has 0 aliphatic heterocycles. The Labute approximate surface area is 123 Å². The molecule has 4 heteroatoms. The number of anilines is 1. The lowest BCUT2D eigenvalue weighted by Crippen LogP contribution is -2.28. The number of benzene rings is 1. The maximum absolute atomic E-state index is 12.3. The number of rotatable bonds is 5. The molecule has 106 valence electrons. The summed E-state index contributed by atoms with van der Waals surface area (Å²) in [5.41, 5.74) is 8.09. The zero-order valence-corrected chi connectivity index (χ0v) is 12.7. The molecular formula is C16H20N2OS. The number of hydrogen-bond acceptors (Lipinski definition) is 3. The molecule has 1 heterocycles. The number of nitrogen functional groups attached to an aromatic ring is 1. The average molecular weight is 288 g/mol. The Morgan fingerprint density at radius 1 is 1.40 bits per heavy atom. The number of nitrogens with two attached hydrogens (primary N) is 1. The molecule has 2 aromatic rings. The van der Waals surface area contributed by atoms with Crippen LogP contribution in [0.25, 0.3) is 0 Å². The molecule has 1 aromatic carbocycles. The van der Waals surface area contributed by atoms with Gasteiger partial charge in [-0.3, -0.25) is 4.79 Å². The summed E-state index contributed by atoms with van der Waals surface area (Å²) in [5, 5.41) is 5.15. The second-order valence-corrected chi connectivity index (χ2v) is 5.88. The summed E-state index contributed by atoms with van der Waals surface area (Å²) in [4.78, 5) is 13.5. The van der Waals surface area contributed by atoms with E-state index in [1.54, 1.807) is 23.5 Å². The van der Waals surface area contributed by atoms with E-state index in [4.69, 9.17) is 5.73 Å². The first-order chi connectivity index (χ1) is 9.61. The zero-order valence-electron chi connectivity index (χ0n) is 11.8. The molecule has 0 aliphatic carbocycles. The Bertz CT molecular complexity index is 578. The number of carbonyl (C=O) groups is 1. The molecule has 1 atom stereocenters. The van der Waals surface area contributed by atoms with Gasteiger partial charge in [-0.15, -0.1) is 11.3 Å². The summed E-state index contributed by atoms with van der Waals surface area (Å²) in [5.74, 6) is -0.0417. The molecule has 3 N–H and O–H groups in total. The van der Waals surface area contributed by atoms with Gasteiger partial charge in [-0.05, 0) is 48.6 Å². The van der Waals surface area contributed by atoms with Gasteiger partial charge in [0.1, 0.15) is 0 Å². The summed E-state index contributed by atoms with van der Waals surface area (Å²) < 4.78 is 0. The number of thiophene rings is 1. The van der Waals surface area contributed by atoms with E-state index in [0.717, 1.165) is 18.4 Å². The van der Waals surface area contributed by atoms with Crippen molar-refractivity contribution in [2.24, 2.45) is 0 Å². The highest BCUT2D eigenvalue weighted by Crippen LogP contribution is 2.24. The molecule has 1 amide bonds. The molecule has 1 unspecified atom stereocenters. The molecule has 0 bridgehead atoms. The Hall–Kier alpha value is -1.81. The first kappa shape index (κ1) is 14.6. The van der Waals surface area contributed by atoms with Crippen LogP contribution in [0.5, 0.6) is 0 Å². The number of aryl methyl sites for hydroxylation is 1. The van der Waals surface area contributed by atoms with E-state index < -0.39 is 0 Å². The monoisotopic (exact) mass is 288 g/mol. The van der Waals surface area contributed by atoms with Crippen molar-refractivity contribution < 1.29 is 4.79 Å². The van der Waals surface area contributed by atoms with Crippen molar-refractivity contribution >= 4 is 22.9 Å².